The highest BCUT2D eigenvalue weighted by Gasteiger charge is 2.33. The number of ether oxygens (including phenoxy) is 1. The molecule has 1 aromatic carbocycles. The summed E-state index contributed by atoms with van der Waals surface area (Å²) in [6.45, 7) is 4.57. The van der Waals surface area contributed by atoms with Gasteiger partial charge in [0.25, 0.3) is 5.91 Å². The third-order valence-electron chi connectivity index (χ3n) is 4.70. The van der Waals surface area contributed by atoms with Gasteiger partial charge in [0, 0.05) is 30.9 Å². The molecule has 2 aromatic rings. The molecule has 2 amide bonds. The molecule has 1 aromatic heterocycles. The van der Waals surface area contributed by atoms with Crippen LogP contribution in [0.5, 0.6) is 0 Å². The number of hydrogen-bond donors (Lipinski definition) is 1. The Kier molecular flexibility index (Phi) is 6.33. The molecule has 1 N–H and O–H groups in total. The molecule has 0 spiro atoms. The van der Waals surface area contributed by atoms with E-state index < -0.39 is 11.9 Å². The number of nitrogens with zero attached hydrogens (tertiary/aromatic N) is 3. The van der Waals surface area contributed by atoms with Gasteiger partial charge >= 0.3 is 12.3 Å². The molecule has 0 aliphatic carbocycles. The van der Waals surface area contributed by atoms with Gasteiger partial charge < -0.3 is 15.0 Å². The topological polar surface area (TPSA) is 76.5 Å². The van der Waals surface area contributed by atoms with E-state index in [0.717, 1.165) is 10.7 Å². The molecular formula is C20H23F3N4O3. The van der Waals surface area contributed by atoms with Crippen LogP contribution in [0.1, 0.15) is 42.7 Å². The van der Waals surface area contributed by atoms with Crippen LogP contribution in [-0.2, 0) is 10.9 Å². The number of benzene rings is 1. The van der Waals surface area contributed by atoms with E-state index in [4.69, 9.17) is 4.74 Å². The van der Waals surface area contributed by atoms with E-state index in [1.165, 1.54) is 30.5 Å². The molecule has 7 nitrogen and oxygen atoms in total. The third kappa shape index (κ3) is 5.31. The van der Waals surface area contributed by atoms with Crippen LogP contribution in [0.2, 0.25) is 0 Å². The number of carbonyl (C=O) groups excluding carboxylic acids is 2. The van der Waals surface area contributed by atoms with Crippen LogP contribution < -0.4 is 5.32 Å². The molecule has 30 heavy (non-hydrogen) atoms. The average Bonchev–Trinajstić information content (AvgIpc) is 3.19. The Balaban J connectivity index is 1.54. The lowest BCUT2D eigenvalue weighted by molar-refractivity contribution is -0.141. The predicted molar refractivity (Wildman–Crippen MR) is 102 cm³/mol. The molecule has 0 bridgehead atoms. The summed E-state index contributed by atoms with van der Waals surface area (Å²) >= 11 is 0. The zero-order valence-corrected chi connectivity index (χ0v) is 16.6. The predicted octanol–water partition coefficient (Wildman–Crippen LogP) is 3.63. The summed E-state index contributed by atoms with van der Waals surface area (Å²) in [4.78, 5) is 26.0. The van der Waals surface area contributed by atoms with Crippen molar-refractivity contribution in [3.63, 3.8) is 0 Å². The van der Waals surface area contributed by atoms with Crippen LogP contribution in [0.3, 0.4) is 0 Å². The van der Waals surface area contributed by atoms with Crippen molar-refractivity contribution in [2.24, 2.45) is 0 Å². The van der Waals surface area contributed by atoms with Gasteiger partial charge in [-0.1, -0.05) is 0 Å². The van der Waals surface area contributed by atoms with Crippen molar-refractivity contribution in [3.8, 4) is 5.69 Å². The number of aromatic nitrogens is 2. The number of rotatable bonds is 4. The highest BCUT2D eigenvalue weighted by molar-refractivity contribution is 5.94. The summed E-state index contributed by atoms with van der Waals surface area (Å²) in [6.07, 6.45) is -2.59. The van der Waals surface area contributed by atoms with E-state index in [2.05, 4.69) is 10.4 Å². The van der Waals surface area contributed by atoms with Crippen molar-refractivity contribution in [1.29, 1.82) is 0 Å². The monoisotopic (exact) mass is 424 g/mol. The summed E-state index contributed by atoms with van der Waals surface area (Å²) < 4.78 is 44.3. The molecule has 1 aliphatic heterocycles. The number of nitrogens with one attached hydrogen (secondary N) is 1. The molecule has 2 heterocycles. The number of halogens is 3. The molecular weight excluding hydrogens is 401 g/mol. The number of alkyl halides is 3. The van der Waals surface area contributed by atoms with Gasteiger partial charge in [-0.05, 0) is 57.0 Å². The first-order chi connectivity index (χ1) is 14.1. The minimum Gasteiger partial charge on any atom is -0.447 e. The molecule has 10 heteroatoms. The number of amides is 2. The van der Waals surface area contributed by atoms with Crippen LogP contribution >= 0.6 is 0 Å². The summed E-state index contributed by atoms with van der Waals surface area (Å²) in [6, 6.07) is 6.97. The van der Waals surface area contributed by atoms with E-state index in [9.17, 15) is 22.8 Å². The van der Waals surface area contributed by atoms with E-state index in [0.29, 0.717) is 37.2 Å². The molecule has 0 saturated carbocycles. The molecule has 1 aliphatic rings. The van der Waals surface area contributed by atoms with Crippen LogP contribution in [0, 0.1) is 0 Å². The van der Waals surface area contributed by atoms with Crippen LogP contribution in [0.15, 0.2) is 36.5 Å². The fraction of sp³-hybridized carbons (Fsp3) is 0.450. The number of carbonyl (C=O) groups is 2. The van der Waals surface area contributed by atoms with Crippen molar-refractivity contribution in [2.75, 3.05) is 13.1 Å². The number of likely N-dealkylation sites (tertiary alicyclic amines) is 1. The van der Waals surface area contributed by atoms with E-state index >= 15 is 0 Å². The Morgan fingerprint density at radius 1 is 1.13 bits per heavy atom. The molecule has 162 valence electrons. The Morgan fingerprint density at radius 2 is 1.77 bits per heavy atom. The van der Waals surface area contributed by atoms with Crippen molar-refractivity contribution in [2.45, 2.75) is 45.0 Å². The summed E-state index contributed by atoms with van der Waals surface area (Å²) in [5.41, 5.74) is -0.171. The zero-order valence-electron chi connectivity index (χ0n) is 16.6. The lowest BCUT2D eigenvalue weighted by Crippen LogP contribution is -2.47. The first kappa shape index (κ1) is 21.7. The Bertz CT molecular complexity index is 885. The van der Waals surface area contributed by atoms with Gasteiger partial charge in [-0.25, -0.2) is 9.48 Å². The maximum Gasteiger partial charge on any atom is 0.435 e. The largest absolute Gasteiger partial charge is 0.447 e. The van der Waals surface area contributed by atoms with Crippen LogP contribution in [0.4, 0.5) is 18.0 Å². The second-order valence-electron chi connectivity index (χ2n) is 7.36. The Morgan fingerprint density at radius 3 is 2.30 bits per heavy atom. The van der Waals surface area contributed by atoms with Gasteiger partial charge in [0.1, 0.15) is 0 Å². The van der Waals surface area contributed by atoms with Gasteiger partial charge in [-0.15, -0.1) is 0 Å². The molecule has 1 saturated heterocycles. The summed E-state index contributed by atoms with van der Waals surface area (Å²) in [7, 11) is 0. The quantitative estimate of drug-likeness (QED) is 0.813. The summed E-state index contributed by atoms with van der Waals surface area (Å²) in [5, 5.41) is 6.44. The second kappa shape index (κ2) is 8.76. The molecule has 0 unspecified atom stereocenters. The van der Waals surface area contributed by atoms with Gasteiger partial charge in [0.15, 0.2) is 5.69 Å². The number of hydrogen-bond acceptors (Lipinski definition) is 4. The minimum atomic E-state index is -4.51. The number of piperidine rings is 1. The molecule has 1 fully saturated rings. The maximum atomic E-state index is 12.7. The van der Waals surface area contributed by atoms with Crippen molar-refractivity contribution in [3.05, 3.63) is 47.8 Å². The maximum absolute atomic E-state index is 12.7. The van der Waals surface area contributed by atoms with Crippen molar-refractivity contribution in [1.82, 2.24) is 20.0 Å². The van der Waals surface area contributed by atoms with Crippen molar-refractivity contribution < 1.29 is 27.5 Å². The van der Waals surface area contributed by atoms with E-state index in [-0.39, 0.29) is 24.1 Å². The Labute approximate surface area is 171 Å². The van der Waals surface area contributed by atoms with Crippen LogP contribution in [0.25, 0.3) is 5.69 Å². The fourth-order valence-electron chi connectivity index (χ4n) is 3.14. The third-order valence-corrected chi connectivity index (χ3v) is 4.70. The molecule has 3 rings (SSSR count). The minimum absolute atomic E-state index is 0.0688. The standard InChI is InChI=1S/C20H23F3N4O3/c1-13(2)30-19(29)26-10-7-15(8-11-26)24-18(28)14-3-5-16(6-4-14)27-12-9-17(25-27)20(21,22)23/h3-6,9,12-13,15H,7-8,10-11H2,1-2H3,(H,24,28). The fourth-order valence-corrected chi connectivity index (χ4v) is 3.14. The van der Waals surface area contributed by atoms with Gasteiger partial charge in [-0.3, -0.25) is 4.79 Å². The molecule has 0 radical (unpaired) electrons. The highest BCUT2D eigenvalue weighted by atomic mass is 19.4. The zero-order chi connectivity index (χ0) is 21.9. The second-order valence-corrected chi connectivity index (χ2v) is 7.36. The average molecular weight is 424 g/mol. The van der Waals surface area contributed by atoms with E-state index in [1.54, 1.807) is 18.7 Å². The van der Waals surface area contributed by atoms with Gasteiger partial charge in [-0.2, -0.15) is 18.3 Å². The lowest BCUT2D eigenvalue weighted by Gasteiger charge is -2.32. The Hall–Kier alpha value is -3.04. The lowest BCUT2D eigenvalue weighted by atomic mass is 10.0. The highest BCUT2D eigenvalue weighted by Crippen LogP contribution is 2.27. The summed E-state index contributed by atoms with van der Waals surface area (Å²) in [5.74, 6) is -0.277. The first-order valence-electron chi connectivity index (χ1n) is 9.63. The van der Waals surface area contributed by atoms with E-state index in [1.807, 2.05) is 0 Å². The smallest absolute Gasteiger partial charge is 0.435 e. The van der Waals surface area contributed by atoms with Gasteiger partial charge in [0.05, 0.1) is 11.8 Å². The SMILES string of the molecule is CC(C)OC(=O)N1CCC(NC(=O)c2ccc(-n3ccc(C(F)(F)F)n3)cc2)CC1. The van der Waals surface area contributed by atoms with Crippen molar-refractivity contribution >= 4 is 12.0 Å². The molecule has 0 atom stereocenters. The van der Waals surface area contributed by atoms with Gasteiger partial charge in [0.2, 0.25) is 0 Å². The van der Waals surface area contributed by atoms with Crippen LogP contribution in [-0.4, -0.2) is 51.9 Å². The normalized spacial score (nSPS) is 15.3. The first-order valence-corrected chi connectivity index (χ1v) is 9.63.